The van der Waals surface area contributed by atoms with Crippen LogP contribution in [0.2, 0.25) is 0 Å². The number of hydrogen-bond acceptors (Lipinski definition) is 7. The van der Waals surface area contributed by atoms with Crippen molar-refractivity contribution in [2.75, 3.05) is 26.9 Å². The summed E-state index contributed by atoms with van der Waals surface area (Å²) < 4.78 is 22.0. The van der Waals surface area contributed by atoms with Crippen molar-refractivity contribution >= 4 is 18.0 Å². The third-order valence-corrected chi connectivity index (χ3v) is 7.59. The van der Waals surface area contributed by atoms with Crippen LogP contribution >= 0.6 is 0 Å². The number of cyclic esters (lactones) is 1. The molecule has 1 aromatic carbocycles. The van der Waals surface area contributed by atoms with Crippen molar-refractivity contribution in [1.82, 2.24) is 0 Å². The summed E-state index contributed by atoms with van der Waals surface area (Å²) in [5, 5.41) is 9.73. The van der Waals surface area contributed by atoms with Gasteiger partial charge >= 0.3 is 11.9 Å². The van der Waals surface area contributed by atoms with E-state index < -0.39 is 12.1 Å². The molecule has 2 rings (SSSR count). The third kappa shape index (κ3) is 17.8. The quantitative estimate of drug-likeness (QED) is 0.279. The van der Waals surface area contributed by atoms with Crippen LogP contribution in [0.4, 0.5) is 0 Å². The minimum atomic E-state index is -0.521. The second kappa shape index (κ2) is 23.1. The van der Waals surface area contributed by atoms with Crippen LogP contribution in [-0.2, 0) is 23.8 Å². The Balaban J connectivity index is 1.79. The topological polar surface area (TPSA) is 91.3 Å². The van der Waals surface area contributed by atoms with Crippen LogP contribution < -0.4 is 4.74 Å². The Morgan fingerprint density at radius 2 is 1.39 bits per heavy atom. The van der Waals surface area contributed by atoms with E-state index in [1.54, 1.807) is 18.2 Å². The van der Waals surface area contributed by atoms with Crippen LogP contribution in [0.3, 0.4) is 0 Å². The lowest BCUT2D eigenvalue weighted by Gasteiger charge is -2.18. The number of rotatable bonds is 5. The van der Waals surface area contributed by atoms with Crippen molar-refractivity contribution in [1.29, 1.82) is 0 Å². The summed E-state index contributed by atoms with van der Waals surface area (Å²) in [5.41, 5.74) is 0.692. The molecule has 1 unspecified atom stereocenters. The van der Waals surface area contributed by atoms with Gasteiger partial charge in [0.1, 0.15) is 19.3 Å². The zero-order valence-electron chi connectivity index (χ0n) is 25.4. The smallest absolute Gasteiger partial charge is 0.330 e. The molecule has 1 N–H and O–H groups in total. The van der Waals surface area contributed by atoms with Gasteiger partial charge in [-0.1, -0.05) is 109 Å². The molecule has 1 atom stereocenters. The van der Waals surface area contributed by atoms with E-state index >= 15 is 0 Å². The van der Waals surface area contributed by atoms with Gasteiger partial charge in [-0.2, -0.15) is 0 Å². The standard InChI is InChI=1S/C34H54O7/c1-38-32-26-29(21-23-31(32)35)22-24-34(37)41-28-30-27-40-33(36)20-18-16-14-12-10-8-6-4-2-3-5-7-9-11-13-15-17-19-25-39-30/h21-24,26,30,35H,2-20,25,27-28H2,1H3. The first-order valence-electron chi connectivity index (χ1n) is 16.1. The highest BCUT2D eigenvalue weighted by Gasteiger charge is 2.15. The molecule has 7 heteroatoms. The molecule has 1 saturated heterocycles. The average molecular weight is 575 g/mol. The van der Waals surface area contributed by atoms with Gasteiger partial charge in [-0.05, 0) is 36.6 Å². The van der Waals surface area contributed by atoms with Crippen molar-refractivity contribution in [2.24, 2.45) is 0 Å². The molecule has 41 heavy (non-hydrogen) atoms. The molecular weight excluding hydrogens is 520 g/mol. The molecule has 0 amide bonds. The second-order valence-corrected chi connectivity index (χ2v) is 11.2. The fraction of sp³-hybridized carbons (Fsp3) is 0.706. The fourth-order valence-corrected chi connectivity index (χ4v) is 5.04. The molecule has 1 fully saturated rings. The highest BCUT2D eigenvalue weighted by molar-refractivity contribution is 5.87. The lowest BCUT2D eigenvalue weighted by Crippen LogP contribution is -2.28. The lowest BCUT2D eigenvalue weighted by atomic mass is 10.0. The maximum atomic E-state index is 12.3. The van der Waals surface area contributed by atoms with E-state index in [1.807, 2.05) is 0 Å². The summed E-state index contributed by atoms with van der Waals surface area (Å²) in [6.07, 6.45) is 25.1. The summed E-state index contributed by atoms with van der Waals surface area (Å²) in [6, 6.07) is 4.80. The average Bonchev–Trinajstić information content (AvgIpc) is 2.97. The van der Waals surface area contributed by atoms with Crippen LogP contribution in [0, 0.1) is 0 Å². The Bertz CT molecular complexity index is 867. The first-order chi connectivity index (χ1) is 20.1. The molecule has 0 saturated carbocycles. The molecule has 0 bridgehead atoms. The van der Waals surface area contributed by atoms with Gasteiger partial charge in [-0.15, -0.1) is 0 Å². The van der Waals surface area contributed by atoms with Crippen LogP contribution in [0.1, 0.15) is 128 Å². The van der Waals surface area contributed by atoms with Crippen LogP contribution in [0.5, 0.6) is 11.5 Å². The van der Waals surface area contributed by atoms with Gasteiger partial charge in [0.25, 0.3) is 0 Å². The van der Waals surface area contributed by atoms with Crippen molar-refractivity contribution in [2.45, 2.75) is 128 Å². The van der Waals surface area contributed by atoms with Gasteiger partial charge in [0.15, 0.2) is 11.5 Å². The molecule has 0 aliphatic carbocycles. The first-order valence-corrected chi connectivity index (χ1v) is 16.1. The maximum absolute atomic E-state index is 12.3. The number of benzene rings is 1. The van der Waals surface area contributed by atoms with Gasteiger partial charge in [0, 0.05) is 19.1 Å². The van der Waals surface area contributed by atoms with E-state index in [9.17, 15) is 14.7 Å². The number of phenolic OH excluding ortho intramolecular Hbond substituents is 1. The van der Waals surface area contributed by atoms with Crippen LogP contribution in [-0.4, -0.2) is 50.1 Å². The third-order valence-electron chi connectivity index (χ3n) is 7.59. The van der Waals surface area contributed by atoms with Gasteiger partial charge in [-0.3, -0.25) is 4.79 Å². The first kappa shape index (κ1) is 34.7. The number of carbonyl (C=O) groups excluding carboxylic acids is 2. The lowest BCUT2D eigenvalue weighted by molar-refractivity contribution is -0.153. The minimum Gasteiger partial charge on any atom is -0.504 e. The van der Waals surface area contributed by atoms with Crippen LogP contribution in [0.15, 0.2) is 24.3 Å². The number of hydrogen-bond donors (Lipinski definition) is 1. The van der Waals surface area contributed by atoms with Crippen molar-refractivity contribution in [3.8, 4) is 11.5 Å². The summed E-state index contributed by atoms with van der Waals surface area (Å²) in [4.78, 5) is 24.7. The van der Waals surface area contributed by atoms with Crippen LogP contribution in [0.25, 0.3) is 6.08 Å². The highest BCUT2D eigenvalue weighted by Crippen LogP contribution is 2.26. The molecular formula is C34H54O7. The van der Waals surface area contributed by atoms with Crippen molar-refractivity contribution in [3.05, 3.63) is 29.8 Å². The summed E-state index contributed by atoms with van der Waals surface area (Å²) >= 11 is 0. The van der Waals surface area contributed by atoms with E-state index in [2.05, 4.69) is 0 Å². The molecule has 7 nitrogen and oxygen atoms in total. The Hall–Kier alpha value is -2.54. The summed E-state index contributed by atoms with van der Waals surface area (Å²) in [5.74, 6) is -0.391. The molecule has 1 aliphatic heterocycles. The molecule has 0 radical (unpaired) electrons. The largest absolute Gasteiger partial charge is 0.504 e. The monoisotopic (exact) mass is 574 g/mol. The molecule has 232 valence electrons. The number of esters is 2. The van der Waals surface area contributed by atoms with Gasteiger partial charge in [0.05, 0.1) is 7.11 Å². The zero-order valence-corrected chi connectivity index (χ0v) is 25.4. The van der Waals surface area contributed by atoms with E-state index in [4.69, 9.17) is 18.9 Å². The Kier molecular flexibility index (Phi) is 19.5. The molecule has 0 spiro atoms. The Labute approximate surface area is 248 Å². The van der Waals surface area contributed by atoms with E-state index in [1.165, 1.54) is 109 Å². The Morgan fingerprint density at radius 3 is 1.95 bits per heavy atom. The van der Waals surface area contributed by atoms with Gasteiger partial charge in [-0.25, -0.2) is 4.79 Å². The highest BCUT2D eigenvalue weighted by atomic mass is 16.6. The molecule has 1 aromatic rings. The van der Waals surface area contributed by atoms with E-state index in [0.717, 1.165) is 25.7 Å². The number of methoxy groups -OCH3 is 1. The van der Waals surface area contributed by atoms with Gasteiger partial charge < -0.3 is 24.1 Å². The minimum absolute atomic E-state index is 0.00928. The van der Waals surface area contributed by atoms with Crippen molar-refractivity contribution in [3.63, 3.8) is 0 Å². The number of ether oxygens (including phenoxy) is 4. The predicted octanol–water partition coefficient (Wildman–Crippen LogP) is 8.31. The Morgan fingerprint density at radius 1 is 0.854 bits per heavy atom. The van der Waals surface area contributed by atoms with Crippen molar-refractivity contribution < 1.29 is 33.6 Å². The number of carbonyl (C=O) groups is 2. The SMILES string of the molecule is COc1cc(C=CC(=O)OCC2COC(=O)CCCCCCCCCCCCCCCCCCCCO2)ccc1O. The molecule has 0 aromatic heterocycles. The fourth-order valence-electron chi connectivity index (χ4n) is 5.04. The van der Waals surface area contributed by atoms with E-state index in [-0.39, 0.29) is 24.9 Å². The maximum Gasteiger partial charge on any atom is 0.330 e. The molecule has 1 heterocycles. The summed E-state index contributed by atoms with van der Waals surface area (Å²) in [7, 11) is 1.47. The summed E-state index contributed by atoms with van der Waals surface area (Å²) in [6.45, 7) is 0.628. The number of phenols is 1. The van der Waals surface area contributed by atoms with E-state index in [0.29, 0.717) is 24.3 Å². The predicted molar refractivity (Wildman–Crippen MR) is 163 cm³/mol. The second-order valence-electron chi connectivity index (χ2n) is 11.2. The zero-order chi connectivity index (χ0) is 29.4. The number of aromatic hydroxyl groups is 1. The molecule has 1 aliphatic rings. The van der Waals surface area contributed by atoms with Gasteiger partial charge in [0.2, 0.25) is 0 Å². The normalized spacial score (nSPS) is 20.8.